The van der Waals surface area contributed by atoms with Crippen LogP contribution in [0.4, 0.5) is 0 Å². The topological polar surface area (TPSA) is 59.9 Å². The van der Waals surface area contributed by atoms with Gasteiger partial charge in [-0.05, 0) is 11.1 Å². The monoisotopic (exact) mass is 732 g/mol. The van der Waals surface area contributed by atoms with Crippen molar-refractivity contribution in [1.82, 2.24) is 9.97 Å². The van der Waals surface area contributed by atoms with Crippen LogP contribution in [0.3, 0.4) is 0 Å². The molecule has 258 valence electrons. The van der Waals surface area contributed by atoms with Gasteiger partial charge in [-0.25, -0.2) is 0 Å². The lowest BCUT2D eigenvalue weighted by atomic mass is 9.96. The van der Waals surface area contributed by atoms with Crippen molar-refractivity contribution in [1.29, 1.82) is 0 Å². The Labute approximate surface area is 314 Å². The molecule has 0 saturated carbocycles. The number of fused-ring (bicyclic) bond motifs is 3. The highest BCUT2D eigenvalue weighted by molar-refractivity contribution is 7.86. The van der Waals surface area contributed by atoms with E-state index < -0.39 is 14.3 Å². The molecule has 0 aliphatic carbocycles. The first-order valence-corrected chi connectivity index (χ1v) is 21.3. The zero-order valence-corrected chi connectivity index (χ0v) is 31.0. The van der Waals surface area contributed by atoms with Gasteiger partial charge in [-0.3, -0.25) is 9.97 Å². The third-order valence-electron chi connectivity index (χ3n) is 10.1. The molecule has 9 aromatic rings. The summed E-state index contributed by atoms with van der Waals surface area (Å²) in [6, 6.07) is 63.2. The fraction of sp³-hybridized carbons (Fsp3) is 0. The molecule has 0 amide bonds. The molecule has 0 fully saturated rings. The third kappa shape index (κ3) is 5.55. The quantitative estimate of drug-likeness (QED) is 0.115. The summed E-state index contributed by atoms with van der Waals surface area (Å²) >= 11 is 0. The predicted octanol–water partition coefficient (Wildman–Crippen LogP) is 9.40. The van der Waals surface area contributed by atoms with Crippen LogP contribution in [0.2, 0.25) is 0 Å². The predicted molar refractivity (Wildman–Crippen MR) is 227 cm³/mol. The molecule has 7 aromatic carbocycles. The van der Waals surface area contributed by atoms with E-state index in [2.05, 4.69) is 36.4 Å². The van der Waals surface area contributed by atoms with Crippen molar-refractivity contribution < 1.29 is 9.13 Å². The van der Waals surface area contributed by atoms with E-state index in [9.17, 15) is 0 Å². The minimum absolute atomic E-state index is 0.663. The average molecular weight is 733 g/mol. The van der Waals surface area contributed by atoms with E-state index in [1.54, 1.807) is 12.4 Å². The standard InChI is InChI=1S/C48H34N2O2P2/c51-53(37-23-11-3-12-24-37,38-25-13-4-14-26-38)43-33-49-47-41(45(43)35-19-7-1-8-20-35)31-32-42-46(36-21-9-2-10-22-36)44(34-50-48(42)47)54(52,39-27-15-5-16-28-39)40-29-17-6-18-30-40/h1-34H. The zero-order chi connectivity index (χ0) is 36.5. The number of benzene rings is 7. The van der Waals surface area contributed by atoms with E-state index in [-0.39, 0.29) is 0 Å². The van der Waals surface area contributed by atoms with Gasteiger partial charge in [-0.1, -0.05) is 194 Å². The minimum atomic E-state index is -3.42. The first-order valence-electron chi connectivity index (χ1n) is 17.9. The molecule has 2 heterocycles. The molecule has 0 atom stereocenters. The second kappa shape index (κ2) is 14.0. The van der Waals surface area contributed by atoms with E-state index in [0.717, 1.165) is 54.2 Å². The van der Waals surface area contributed by atoms with Crippen LogP contribution < -0.4 is 31.8 Å². The van der Waals surface area contributed by atoms with Gasteiger partial charge in [0, 0.05) is 66.1 Å². The summed E-state index contributed by atoms with van der Waals surface area (Å²) in [5, 5.41) is 5.96. The van der Waals surface area contributed by atoms with E-state index >= 15 is 9.13 Å². The molecule has 0 aliphatic heterocycles. The van der Waals surface area contributed by atoms with E-state index in [1.807, 2.05) is 158 Å². The van der Waals surface area contributed by atoms with Gasteiger partial charge < -0.3 is 9.13 Å². The smallest absolute Gasteiger partial charge is 0.173 e. The Bertz CT molecular complexity index is 2570. The van der Waals surface area contributed by atoms with Crippen molar-refractivity contribution in [3.63, 3.8) is 0 Å². The summed E-state index contributed by atoms with van der Waals surface area (Å²) in [4.78, 5) is 10.3. The summed E-state index contributed by atoms with van der Waals surface area (Å²) in [5.74, 6) is 0. The highest BCUT2D eigenvalue weighted by Gasteiger charge is 2.36. The maximum atomic E-state index is 15.9. The molecule has 0 radical (unpaired) electrons. The van der Waals surface area contributed by atoms with Crippen molar-refractivity contribution in [3.05, 3.63) is 207 Å². The number of aromatic nitrogens is 2. The first-order chi connectivity index (χ1) is 26.6. The summed E-state index contributed by atoms with van der Waals surface area (Å²) < 4.78 is 31.8. The second-order valence-electron chi connectivity index (χ2n) is 13.2. The van der Waals surface area contributed by atoms with Crippen LogP contribution in [0.5, 0.6) is 0 Å². The highest BCUT2D eigenvalue weighted by atomic mass is 31.2. The van der Waals surface area contributed by atoms with Gasteiger partial charge in [0.15, 0.2) is 14.3 Å². The van der Waals surface area contributed by atoms with Crippen molar-refractivity contribution >= 4 is 67.9 Å². The molecule has 0 spiro atoms. The first kappa shape index (κ1) is 33.6. The largest absolute Gasteiger partial charge is 0.309 e. The molecule has 9 rings (SSSR count). The number of hydrogen-bond acceptors (Lipinski definition) is 4. The van der Waals surface area contributed by atoms with Crippen LogP contribution >= 0.6 is 14.3 Å². The molecule has 0 bridgehead atoms. The van der Waals surface area contributed by atoms with Crippen molar-refractivity contribution in [2.75, 3.05) is 0 Å². The lowest BCUT2D eigenvalue weighted by Crippen LogP contribution is -2.27. The van der Waals surface area contributed by atoms with Crippen LogP contribution in [-0.4, -0.2) is 9.97 Å². The molecular weight excluding hydrogens is 698 g/mol. The maximum Gasteiger partial charge on any atom is 0.173 e. The molecule has 0 N–H and O–H groups in total. The molecule has 6 heteroatoms. The summed E-state index contributed by atoms with van der Waals surface area (Å²) in [5.41, 5.74) is 4.93. The molecule has 0 unspecified atom stereocenters. The summed E-state index contributed by atoms with van der Waals surface area (Å²) in [6.45, 7) is 0. The number of pyridine rings is 2. The Kier molecular flexibility index (Phi) is 8.72. The third-order valence-corrected chi connectivity index (χ3v) is 16.3. The lowest BCUT2D eigenvalue weighted by Gasteiger charge is -2.25. The van der Waals surface area contributed by atoms with Crippen molar-refractivity contribution in [2.45, 2.75) is 0 Å². The molecule has 0 saturated heterocycles. The number of nitrogens with zero attached hydrogens (tertiary/aromatic N) is 2. The average Bonchev–Trinajstić information content (AvgIpc) is 3.26. The SMILES string of the molecule is O=P(c1ccccc1)(c1ccccc1)c1cnc2c(ccc3c(-c4ccccc4)c(P(=O)(c4ccccc4)c4ccccc4)cnc32)c1-c1ccccc1. The fourth-order valence-corrected chi connectivity index (χ4v) is 13.2. The van der Waals surface area contributed by atoms with Gasteiger partial charge in [0.05, 0.1) is 11.0 Å². The van der Waals surface area contributed by atoms with Crippen molar-refractivity contribution in [3.8, 4) is 22.3 Å². The van der Waals surface area contributed by atoms with Gasteiger partial charge in [-0.2, -0.15) is 0 Å². The molecular formula is C48H34N2O2P2. The Morgan fingerprint density at radius 1 is 0.315 bits per heavy atom. The molecule has 0 aliphatic rings. The fourth-order valence-electron chi connectivity index (χ4n) is 7.60. The normalized spacial score (nSPS) is 11.9. The van der Waals surface area contributed by atoms with Gasteiger partial charge in [0.2, 0.25) is 0 Å². The second-order valence-corrected chi connectivity index (χ2v) is 18.7. The lowest BCUT2D eigenvalue weighted by molar-refractivity contribution is 0.591. The van der Waals surface area contributed by atoms with Gasteiger partial charge in [-0.15, -0.1) is 0 Å². The summed E-state index contributed by atoms with van der Waals surface area (Å²) in [7, 11) is -6.84. The van der Waals surface area contributed by atoms with E-state index in [1.165, 1.54) is 0 Å². The zero-order valence-electron chi connectivity index (χ0n) is 29.2. The van der Waals surface area contributed by atoms with Gasteiger partial charge in [0.25, 0.3) is 0 Å². The molecule has 2 aromatic heterocycles. The highest BCUT2D eigenvalue weighted by Crippen LogP contribution is 2.49. The van der Waals surface area contributed by atoms with Gasteiger partial charge in [0.1, 0.15) is 0 Å². The Balaban J connectivity index is 1.39. The van der Waals surface area contributed by atoms with Crippen LogP contribution in [0.25, 0.3) is 44.1 Å². The van der Waals surface area contributed by atoms with Gasteiger partial charge >= 0.3 is 0 Å². The minimum Gasteiger partial charge on any atom is -0.309 e. The Morgan fingerprint density at radius 2 is 0.574 bits per heavy atom. The van der Waals surface area contributed by atoms with Crippen LogP contribution in [0.1, 0.15) is 0 Å². The number of hydrogen-bond donors (Lipinski definition) is 0. The molecule has 4 nitrogen and oxygen atoms in total. The summed E-state index contributed by atoms with van der Waals surface area (Å²) in [6.07, 6.45) is 3.59. The molecule has 54 heavy (non-hydrogen) atoms. The van der Waals surface area contributed by atoms with Crippen molar-refractivity contribution in [2.24, 2.45) is 0 Å². The maximum absolute atomic E-state index is 15.9. The van der Waals surface area contributed by atoms with Crippen LogP contribution in [0.15, 0.2) is 207 Å². The Hall–Kier alpha value is -6.18. The van der Waals surface area contributed by atoms with Crippen LogP contribution in [0, 0.1) is 0 Å². The van der Waals surface area contributed by atoms with E-state index in [4.69, 9.17) is 9.97 Å². The van der Waals surface area contributed by atoms with Crippen LogP contribution in [-0.2, 0) is 9.13 Å². The van der Waals surface area contributed by atoms with E-state index in [0.29, 0.717) is 21.6 Å². The number of rotatable bonds is 8. The Morgan fingerprint density at radius 3 is 0.852 bits per heavy atom.